The lowest BCUT2D eigenvalue weighted by Crippen LogP contribution is -2.24. The smallest absolute Gasteiger partial charge is 0.226 e. The fraction of sp³-hybridized carbons (Fsp3) is 0.158. The summed E-state index contributed by atoms with van der Waals surface area (Å²) in [7, 11) is 1.63. The third kappa shape index (κ3) is 2.87. The van der Waals surface area contributed by atoms with E-state index in [-0.39, 0.29) is 11.8 Å². The van der Waals surface area contributed by atoms with Crippen LogP contribution in [0.1, 0.15) is 23.6 Å². The van der Waals surface area contributed by atoms with Crippen molar-refractivity contribution in [3.05, 3.63) is 71.1 Å². The number of anilines is 1. The molecule has 0 saturated carbocycles. The lowest BCUT2D eigenvalue weighted by atomic mass is 9.90. The molecule has 0 aliphatic carbocycles. The lowest BCUT2D eigenvalue weighted by Gasteiger charge is -2.23. The molecule has 0 radical (unpaired) electrons. The number of hydrogen-bond donors (Lipinski definition) is 1. The maximum absolute atomic E-state index is 12.3. The summed E-state index contributed by atoms with van der Waals surface area (Å²) in [5.41, 5.74) is 2.80. The minimum atomic E-state index is -0.0829. The van der Waals surface area contributed by atoms with Crippen LogP contribution >= 0.6 is 11.6 Å². The summed E-state index contributed by atoms with van der Waals surface area (Å²) in [5.74, 6) is 1.38. The van der Waals surface area contributed by atoms with Crippen LogP contribution in [0.25, 0.3) is 5.69 Å². The first kappa shape index (κ1) is 15.7. The number of nitrogens with zero attached hydrogens (tertiary/aromatic N) is 2. The van der Waals surface area contributed by atoms with E-state index in [1.807, 2.05) is 53.1 Å². The van der Waals surface area contributed by atoms with Gasteiger partial charge in [-0.3, -0.25) is 9.36 Å². The van der Waals surface area contributed by atoms with E-state index in [2.05, 4.69) is 10.3 Å². The fourth-order valence-corrected chi connectivity index (χ4v) is 3.24. The zero-order valence-corrected chi connectivity index (χ0v) is 14.3. The maximum Gasteiger partial charge on any atom is 0.226 e. The summed E-state index contributed by atoms with van der Waals surface area (Å²) >= 11 is 5.98. The molecule has 1 aliphatic rings. The van der Waals surface area contributed by atoms with Crippen LogP contribution in [0.15, 0.2) is 54.9 Å². The number of aromatic nitrogens is 2. The molecule has 1 aliphatic heterocycles. The van der Waals surface area contributed by atoms with Gasteiger partial charge in [0.1, 0.15) is 17.9 Å². The Bertz CT molecular complexity index is 917. The van der Waals surface area contributed by atoms with E-state index < -0.39 is 0 Å². The van der Waals surface area contributed by atoms with Crippen molar-refractivity contribution in [1.82, 2.24) is 9.55 Å². The van der Waals surface area contributed by atoms with Crippen molar-refractivity contribution in [2.24, 2.45) is 0 Å². The van der Waals surface area contributed by atoms with Crippen LogP contribution in [0.5, 0.6) is 5.75 Å². The van der Waals surface area contributed by atoms with E-state index in [1.54, 1.807) is 13.4 Å². The number of hydrogen-bond acceptors (Lipinski definition) is 3. The zero-order valence-electron chi connectivity index (χ0n) is 13.6. The molecular weight excluding hydrogens is 338 g/mol. The molecule has 1 N–H and O–H groups in total. The third-order valence-corrected chi connectivity index (χ3v) is 4.65. The summed E-state index contributed by atoms with van der Waals surface area (Å²) in [6.45, 7) is 0. The van der Waals surface area contributed by atoms with Gasteiger partial charge in [0.2, 0.25) is 5.91 Å². The predicted molar refractivity (Wildman–Crippen MR) is 96.7 cm³/mol. The SMILES string of the molecule is COc1ccc(-n2cnc3c2NC(=O)C[C@@H]3c2ccc(Cl)cc2)cc1. The van der Waals surface area contributed by atoms with Gasteiger partial charge in [-0.25, -0.2) is 4.98 Å². The highest BCUT2D eigenvalue weighted by molar-refractivity contribution is 6.30. The van der Waals surface area contributed by atoms with Crippen molar-refractivity contribution >= 4 is 23.3 Å². The van der Waals surface area contributed by atoms with Crippen molar-refractivity contribution in [3.63, 3.8) is 0 Å². The summed E-state index contributed by atoms with van der Waals surface area (Å²) < 4.78 is 7.08. The number of nitrogens with one attached hydrogen (secondary N) is 1. The van der Waals surface area contributed by atoms with Crippen LogP contribution in [0.3, 0.4) is 0 Å². The van der Waals surface area contributed by atoms with Crippen LogP contribution in [-0.2, 0) is 4.79 Å². The Morgan fingerprint density at radius 2 is 1.88 bits per heavy atom. The third-order valence-electron chi connectivity index (χ3n) is 4.40. The van der Waals surface area contributed by atoms with Crippen LogP contribution < -0.4 is 10.1 Å². The number of fused-ring (bicyclic) bond motifs is 1. The van der Waals surface area contributed by atoms with E-state index in [0.717, 1.165) is 22.7 Å². The standard InChI is InChI=1S/C19H16ClN3O2/c1-25-15-8-6-14(7-9-15)23-11-21-18-16(10-17(24)22-19(18)23)12-2-4-13(20)5-3-12/h2-9,11,16H,10H2,1H3,(H,22,24)/t16-/m1/s1. The minimum Gasteiger partial charge on any atom is -0.497 e. The van der Waals surface area contributed by atoms with Gasteiger partial charge in [0, 0.05) is 23.0 Å². The molecule has 1 atom stereocenters. The molecule has 4 rings (SSSR count). The van der Waals surface area contributed by atoms with Gasteiger partial charge >= 0.3 is 0 Å². The molecule has 1 amide bonds. The highest BCUT2D eigenvalue weighted by Crippen LogP contribution is 2.37. The molecule has 2 aromatic carbocycles. The van der Waals surface area contributed by atoms with Gasteiger partial charge in [-0.05, 0) is 42.0 Å². The first-order chi connectivity index (χ1) is 12.2. The zero-order chi connectivity index (χ0) is 17.4. The molecule has 6 heteroatoms. The van der Waals surface area contributed by atoms with Gasteiger partial charge < -0.3 is 10.1 Å². The Balaban J connectivity index is 1.76. The Morgan fingerprint density at radius 1 is 1.16 bits per heavy atom. The van der Waals surface area contributed by atoms with Gasteiger partial charge in [0.15, 0.2) is 0 Å². The average Bonchev–Trinajstić information content (AvgIpc) is 3.05. The molecule has 0 spiro atoms. The number of imidazole rings is 1. The fourth-order valence-electron chi connectivity index (χ4n) is 3.12. The first-order valence-corrected chi connectivity index (χ1v) is 8.30. The number of benzene rings is 2. The summed E-state index contributed by atoms with van der Waals surface area (Å²) in [6.07, 6.45) is 2.11. The van der Waals surface area contributed by atoms with Crippen LogP contribution in [0.4, 0.5) is 5.82 Å². The molecule has 25 heavy (non-hydrogen) atoms. The second-order valence-electron chi connectivity index (χ2n) is 5.90. The van der Waals surface area contributed by atoms with Crippen molar-refractivity contribution < 1.29 is 9.53 Å². The van der Waals surface area contributed by atoms with E-state index in [4.69, 9.17) is 16.3 Å². The first-order valence-electron chi connectivity index (χ1n) is 7.92. The summed E-state index contributed by atoms with van der Waals surface area (Å²) in [6, 6.07) is 15.2. The molecule has 0 fully saturated rings. The number of amides is 1. The molecule has 0 bridgehead atoms. The topological polar surface area (TPSA) is 56.1 Å². The van der Waals surface area contributed by atoms with Gasteiger partial charge in [0.05, 0.1) is 12.8 Å². The second-order valence-corrected chi connectivity index (χ2v) is 6.34. The van der Waals surface area contributed by atoms with E-state index in [9.17, 15) is 4.79 Å². The molecule has 1 aromatic heterocycles. The monoisotopic (exact) mass is 353 g/mol. The van der Waals surface area contributed by atoms with Crippen molar-refractivity contribution in [1.29, 1.82) is 0 Å². The molecule has 2 heterocycles. The normalized spacial score (nSPS) is 16.2. The number of ether oxygens (including phenoxy) is 1. The molecule has 3 aromatic rings. The van der Waals surface area contributed by atoms with Crippen LogP contribution in [0, 0.1) is 0 Å². The number of carbonyl (C=O) groups excluding carboxylic acids is 1. The van der Waals surface area contributed by atoms with Crippen molar-refractivity contribution in [3.8, 4) is 11.4 Å². The van der Waals surface area contributed by atoms with Gasteiger partial charge in [0.25, 0.3) is 0 Å². The van der Waals surface area contributed by atoms with Gasteiger partial charge in [-0.1, -0.05) is 23.7 Å². The highest BCUT2D eigenvalue weighted by Gasteiger charge is 2.30. The van der Waals surface area contributed by atoms with Gasteiger partial charge in [-0.2, -0.15) is 0 Å². The van der Waals surface area contributed by atoms with E-state index >= 15 is 0 Å². The highest BCUT2D eigenvalue weighted by atomic mass is 35.5. The Labute approximate surface area is 150 Å². The Morgan fingerprint density at radius 3 is 2.56 bits per heavy atom. The summed E-state index contributed by atoms with van der Waals surface area (Å²) in [4.78, 5) is 16.8. The lowest BCUT2D eigenvalue weighted by molar-refractivity contribution is -0.116. The van der Waals surface area contributed by atoms with Crippen LogP contribution in [-0.4, -0.2) is 22.6 Å². The molecular formula is C19H16ClN3O2. The number of methoxy groups -OCH3 is 1. The minimum absolute atomic E-state index is 0.0253. The Kier molecular flexibility index (Phi) is 3.93. The molecule has 0 saturated heterocycles. The molecule has 5 nitrogen and oxygen atoms in total. The van der Waals surface area contributed by atoms with Crippen molar-refractivity contribution in [2.75, 3.05) is 12.4 Å². The average molecular weight is 354 g/mol. The van der Waals surface area contributed by atoms with E-state index in [1.165, 1.54) is 0 Å². The number of rotatable bonds is 3. The summed E-state index contributed by atoms with van der Waals surface area (Å²) in [5, 5.41) is 3.62. The molecule has 126 valence electrons. The van der Waals surface area contributed by atoms with Crippen molar-refractivity contribution in [2.45, 2.75) is 12.3 Å². The van der Waals surface area contributed by atoms with E-state index in [0.29, 0.717) is 17.3 Å². The molecule has 0 unspecified atom stereocenters. The maximum atomic E-state index is 12.3. The van der Waals surface area contributed by atoms with Gasteiger partial charge in [-0.15, -0.1) is 0 Å². The van der Waals surface area contributed by atoms with Crippen LogP contribution in [0.2, 0.25) is 5.02 Å². The Hall–Kier alpha value is -2.79. The quantitative estimate of drug-likeness (QED) is 0.774. The predicted octanol–water partition coefficient (Wildman–Crippen LogP) is 4.01. The second kappa shape index (κ2) is 6.26. The number of halogens is 1. The largest absolute Gasteiger partial charge is 0.497 e. The number of carbonyl (C=O) groups is 1.